The Labute approximate surface area is 190 Å². The van der Waals surface area contributed by atoms with E-state index in [1.54, 1.807) is 48.5 Å². The van der Waals surface area contributed by atoms with Crippen LogP contribution in [0.3, 0.4) is 0 Å². The van der Waals surface area contributed by atoms with Crippen molar-refractivity contribution in [3.8, 4) is 23.0 Å². The first-order valence-electron chi connectivity index (χ1n) is 10.4. The first kappa shape index (κ1) is 23.3. The molecule has 0 aliphatic rings. The molecule has 7 heteroatoms. The van der Waals surface area contributed by atoms with E-state index >= 15 is 0 Å². The summed E-state index contributed by atoms with van der Waals surface area (Å²) in [6.45, 7) is 4.97. The summed E-state index contributed by atoms with van der Waals surface area (Å²) in [6.07, 6.45) is 0.650. The Morgan fingerprint density at radius 2 is 1.59 bits per heavy atom. The fourth-order valence-electron chi connectivity index (χ4n) is 3.02. The second kappa shape index (κ2) is 11.3. The van der Waals surface area contributed by atoms with Gasteiger partial charge in [0.1, 0.15) is 23.0 Å². The Hall–Kier alpha value is -3.32. The normalized spacial score (nSPS) is 11.6. The summed E-state index contributed by atoms with van der Waals surface area (Å²) in [5, 5.41) is 9.14. The van der Waals surface area contributed by atoms with Gasteiger partial charge in [-0.1, -0.05) is 13.0 Å². The smallest absolute Gasteiger partial charge is 0.307 e. The third kappa shape index (κ3) is 6.59. The largest absolute Gasteiger partial charge is 0.494 e. The van der Waals surface area contributed by atoms with Gasteiger partial charge in [0, 0.05) is 15.9 Å². The molecule has 1 N–H and O–H groups in total. The van der Waals surface area contributed by atoms with Crippen LogP contribution in [0.1, 0.15) is 25.8 Å². The summed E-state index contributed by atoms with van der Waals surface area (Å²) in [5.74, 6) is 1.53. The average molecular weight is 455 g/mol. The number of ether oxygens (including phenoxy) is 3. The van der Waals surface area contributed by atoms with Crippen LogP contribution in [0.5, 0.6) is 23.0 Å². The minimum atomic E-state index is -1.50. The topological polar surface area (TPSA) is 82.1 Å². The van der Waals surface area contributed by atoms with Crippen LogP contribution in [0, 0.1) is 0 Å². The highest BCUT2D eigenvalue weighted by molar-refractivity contribution is 7.85. The lowest BCUT2D eigenvalue weighted by molar-refractivity contribution is -0.136. The maximum atomic E-state index is 13.1. The molecule has 0 heterocycles. The van der Waals surface area contributed by atoms with Crippen LogP contribution >= 0.6 is 0 Å². The zero-order valence-electron chi connectivity index (χ0n) is 18.1. The van der Waals surface area contributed by atoms with Gasteiger partial charge in [0.15, 0.2) is 0 Å². The Morgan fingerprint density at radius 1 is 0.844 bits per heavy atom. The average Bonchev–Trinajstić information content (AvgIpc) is 2.77. The van der Waals surface area contributed by atoms with Gasteiger partial charge in [-0.15, -0.1) is 0 Å². The molecule has 0 bridgehead atoms. The van der Waals surface area contributed by atoms with Gasteiger partial charge in [0.2, 0.25) is 0 Å². The van der Waals surface area contributed by atoms with Gasteiger partial charge in [-0.25, -0.2) is 4.21 Å². The molecule has 0 aromatic heterocycles. The molecule has 0 radical (unpaired) electrons. The Kier molecular flexibility index (Phi) is 8.27. The number of benzene rings is 3. The molecule has 0 aliphatic carbocycles. The van der Waals surface area contributed by atoms with Crippen molar-refractivity contribution in [2.24, 2.45) is 0 Å². The molecular formula is C25H26O6S. The molecule has 6 nitrogen and oxygen atoms in total. The van der Waals surface area contributed by atoms with E-state index in [0.717, 1.165) is 12.2 Å². The molecule has 3 rings (SSSR count). The van der Waals surface area contributed by atoms with E-state index in [1.165, 1.54) is 0 Å². The molecule has 32 heavy (non-hydrogen) atoms. The minimum Gasteiger partial charge on any atom is -0.494 e. The zero-order valence-corrected chi connectivity index (χ0v) is 18.9. The predicted molar refractivity (Wildman–Crippen MR) is 122 cm³/mol. The van der Waals surface area contributed by atoms with Gasteiger partial charge in [0.25, 0.3) is 0 Å². The minimum absolute atomic E-state index is 0.166. The van der Waals surface area contributed by atoms with Crippen molar-refractivity contribution in [3.05, 3.63) is 72.3 Å². The van der Waals surface area contributed by atoms with E-state index in [4.69, 9.17) is 19.3 Å². The number of hydrogen-bond acceptors (Lipinski definition) is 5. The SMILES string of the molecule is CCCOc1cc(CC(=O)O)cc(S(=O)c2ccc(Oc3cccc(OCC)c3)cc2)c1. The quantitative estimate of drug-likeness (QED) is 0.414. The van der Waals surface area contributed by atoms with Crippen molar-refractivity contribution in [2.75, 3.05) is 13.2 Å². The highest BCUT2D eigenvalue weighted by Gasteiger charge is 2.13. The molecule has 0 saturated heterocycles. The molecule has 1 atom stereocenters. The van der Waals surface area contributed by atoms with Gasteiger partial charge >= 0.3 is 5.97 Å². The van der Waals surface area contributed by atoms with E-state index in [-0.39, 0.29) is 6.42 Å². The third-order valence-electron chi connectivity index (χ3n) is 4.37. The number of hydrogen-bond donors (Lipinski definition) is 1. The Bertz CT molecular complexity index is 1080. The van der Waals surface area contributed by atoms with E-state index in [1.807, 2.05) is 32.0 Å². The van der Waals surface area contributed by atoms with Crippen molar-refractivity contribution in [1.82, 2.24) is 0 Å². The molecule has 1 unspecified atom stereocenters. The summed E-state index contributed by atoms with van der Waals surface area (Å²) in [5.41, 5.74) is 0.545. The number of carbonyl (C=O) groups is 1. The number of carboxylic acid groups (broad SMARTS) is 1. The number of aliphatic carboxylic acids is 1. The standard InChI is InChI=1S/C25H26O6S/c1-3-12-30-22-13-18(15-25(26)27)14-24(17-22)32(28)23-10-8-19(9-11-23)31-21-7-5-6-20(16-21)29-4-2/h5-11,13-14,16-17H,3-4,12,15H2,1-2H3,(H,26,27). The summed E-state index contributed by atoms with van der Waals surface area (Å²) in [4.78, 5) is 12.2. The zero-order chi connectivity index (χ0) is 22.9. The van der Waals surface area contributed by atoms with E-state index in [2.05, 4.69) is 0 Å². The second-order valence-electron chi connectivity index (χ2n) is 6.98. The maximum Gasteiger partial charge on any atom is 0.307 e. The van der Waals surface area contributed by atoms with E-state index < -0.39 is 16.8 Å². The lowest BCUT2D eigenvalue weighted by Crippen LogP contribution is -2.04. The van der Waals surface area contributed by atoms with Gasteiger partial charge in [-0.3, -0.25) is 4.79 Å². The van der Waals surface area contributed by atoms with Crippen molar-refractivity contribution >= 4 is 16.8 Å². The highest BCUT2D eigenvalue weighted by Crippen LogP contribution is 2.28. The van der Waals surface area contributed by atoms with E-state index in [0.29, 0.717) is 45.8 Å². The highest BCUT2D eigenvalue weighted by atomic mass is 32.2. The third-order valence-corrected chi connectivity index (χ3v) is 5.74. The van der Waals surface area contributed by atoms with Gasteiger partial charge < -0.3 is 19.3 Å². The molecule has 0 fully saturated rings. The van der Waals surface area contributed by atoms with Gasteiger partial charge in [0.05, 0.1) is 30.4 Å². The van der Waals surface area contributed by atoms with Crippen LogP contribution < -0.4 is 14.2 Å². The second-order valence-corrected chi connectivity index (χ2v) is 8.46. The molecule has 3 aromatic rings. The molecule has 0 saturated carbocycles. The summed E-state index contributed by atoms with van der Waals surface area (Å²) >= 11 is 0. The van der Waals surface area contributed by atoms with Crippen molar-refractivity contribution in [3.63, 3.8) is 0 Å². The van der Waals surface area contributed by atoms with Gasteiger partial charge in [-0.2, -0.15) is 0 Å². The molecule has 0 amide bonds. The van der Waals surface area contributed by atoms with Gasteiger partial charge in [-0.05, 0) is 73.5 Å². The van der Waals surface area contributed by atoms with Crippen LogP contribution in [0.2, 0.25) is 0 Å². The monoisotopic (exact) mass is 454 g/mol. The molecule has 0 aliphatic heterocycles. The van der Waals surface area contributed by atoms with Crippen LogP contribution in [0.15, 0.2) is 76.5 Å². The van der Waals surface area contributed by atoms with Crippen LogP contribution in [-0.4, -0.2) is 28.5 Å². The first-order valence-corrected chi connectivity index (χ1v) is 11.5. The molecule has 0 spiro atoms. The summed E-state index contributed by atoms with van der Waals surface area (Å²) in [7, 11) is -1.50. The predicted octanol–water partition coefficient (Wildman–Crippen LogP) is 5.46. The molecule has 168 valence electrons. The lowest BCUT2D eigenvalue weighted by atomic mass is 10.1. The number of rotatable bonds is 11. The van der Waals surface area contributed by atoms with Crippen LogP contribution in [0.25, 0.3) is 0 Å². The first-order chi connectivity index (χ1) is 15.5. The maximum absolute atomic E-state index is 13.1. The summed E-state index contributed by atoms with van der Waals surface area (Å²) in [6, 6.07) is 19.3. The van der Waals surface area contributed by atoms with E-state index in [9.17, 15) is 9.00 Å². The fraction of sp³-hybridized carbons (Fsp3) is 0.240. The molecular weight excluding hydrogens is 428 g/mol. The lowest BCUT2D eigenvalue weighted by Gasteiger charge is -2.11. The summed E-state index contributed by atoms with van der Waals surface area (Å²) < 4.78 is 30.2. The van der Waals surface area contributed by atoms with Crippen molar-refractivity contribution in [1.29, 1.82) is 0 Å². The Morgan fingerprint density at radius 3 is 2.28 bits per heavy atom. The van der Waals surface area contributed by atoms with Crippen LogP contribution in [0.4, 0.5) is 0 Å². The Balaban J connectivity index is 1.78. The van der Waals surface area contributed by atoms with Crippen LogP contribution in [-0.2, 0) is 22.0 Å². The van der Waals surface area contributed by atoms with Crippen molar-refractivity contribution < 1.29 is 28.3 Å². The number of carboxylic acids is 1. The fourth-order valence-corrected chi connectivity index (χ4v) is 4.15. The molecule has 3 aromatic carbocycles. The van der Waals surface area contributed by atoms with Crippen molar-refractivity contribution in [2.45, 2.75) is 36.5 Å².